The summed E-state index contributed by atoms with van der Waals surface area (Å²) in [4.78, 5) is 30.8. The number of amides is 3. The highest BCUT2D eigenvalue weighted by atomic mass is 32.2. The molecule has 2 heterocycles. The van der Waals surface area contributed by atoms with E-state index in [9.17, 15) is 9.59 Å². The molecule has 1 atom stereocenters. The highest BCUT2D eigenvalue weighted by Gasteiger charge is 2.35. The quantitative estimate of drug-likeness (QED) is 0.731. The Labute approximate surface area is 103 Å². The van der Waals surface area contributed by atoms with Crippen LogP contribution in [0.1, 0.15) is 26.2 Å². The number of hydrogen-bond donors (Lipinski definition) is 2. The van der Waals surface area contributed by atoms with E-state index in [1.165, 1.54) is 24.6 Å². The van der Waals surface area contributed by atoms with Gasteiger partial charge in [-0.25, -0.2) is 14.8 Å². The summed E-state index contributed by atoms with van der Waals surface area (Å²) >= 11 is 1.52. The molecule has 92 valence electrons. The van der Waals surface area contributed by atoms with Crippen molar-refractivity contribution in [3.05, 3.63) is 0 Å². The van der Waals surface area contributed by atoms with Crippen molar-refractivity contribution in [3.8, 4) is 0 Å². The molecular formula is C10H14N4O2S. The number of imide groups is 1. The first-order valence-electron chi connectivity index (χ1n) is 5.61. The van der Waals surface area contributed by atoms with Gasteiger partial charge in [0.1, 0.15) is 5.84 Å². The second kappa shape index (κ2) is 5.31. The molecule has 0 saturated carbocycles. The summed E-state index contributed by atoms with van der Waals surface area (Å²) in [5.41, 5.74) is 0. The van der Waals surface area contributed by atoms with E-state index >= 15 is 0 Å². The van der Waals surface area contributed by atoms with Gasteiger partial charge in [0.05, 0.1) is 0 Å². The van der Waals surface area contributed by atoms with Gasteiger partial charge in [-0.05, 0) is 6.42 Å². The summed E-state index contributed by atoms with van der Waals surface area (Å²) in [5.74, 6) is 0.875. The number of aliphatic imine (C=N–C) groups is 2. The summed E-state index contributed by atoms with van der Waals surface area (Å²) < 4.78 is 0. The lowest BCUT2D eigenvalue weighted by molar-refractivity contribution is -0.120. The van der Waals surface area contributed by atoms with Crippen molar-refractivity contribution in [3.63, 3.8) is 0 Å². The molecule has 17 heavy (non-hydrogen) atoms. The molecule has 0 aliphatic carbocycles. The van der Waals surface area contributed by atoms with Crippen LogP contribution in [0.3, 0.4) is 0 Å². The van der Waals surface area contributed by atoms with Crippen LogP contribution in [0.15, 0.2) is 9.98 Å². The van der Waals surface area contributed by atoms with E-state index in [1.807, 2.05) is 0 Å². The number of carbonyl (C=O) groups is 2. The van der Waals surface area contributed by atoms with Gasteiger partial charge >= 0.3 is 6.03 Å². The van der Waals surface area contributed by atoms with E-state index in [1.54, 1.807) is 0 Å². The Bertz CT molecular complexity index is 405. The van der Waals surface area contributed by atoms with Crippen molar-refractivity contribution in [2.45, 2.75) is 32.2 Å². The maximum Gasteiger partial charge on any atom is 0.326 e. The van der Waals surface area contributed by atoms with Gasteiger partial charge in [-0.3, -0.25) is 15.4 Å². The number of hydrogen-bond acceptors (Lipinski definition) is 5. The summed E-state index contributed by atoms with van der Waals surface area (Å²) in [6.07, 6.45) is 3.45. The number of unbranched alkanes of at least 4 members (excludes halogenated alkanes) is 2. The topological polar surface area (TPSA) is 82.9 Å². The van der Waals surface area contributed by atoms with Crippen LogP contribution in [0.25, 0.3) is 0 Å². The smallest absolute Gasteiger partial charge is 0.293 e. The van der Waals surface area contributed by atoms with Crippen LogP contribution in [-0.4, -0.2) is 34.7 Å². The molecule has 0 bridgehead atoms. The Morgan fingerprint density at radius 1 is 1.29 bits per heavy atom. The Morgan fingerprint density at radius 2 is 2.12 bits per heavy atom. The molecule has 0 spiro atoms. The minimum absolute atomic E-state index is 0.344. The fourth-order valence-electron chi connectivity index (χ4n) is 1.56. The maximum absolute atomic E-state index is 11.4. The van der Waals surface area contributed by atoms with Gasteiger partial charge in [-0.2, -0.15) is 0 Å². The van der Waals surface area contributed by atoms with Crippen LogP contribution in [-0.2, 0) is 4.79 Å². The summed E-state index contributed by atoms with van der Waals surface area (Å²) in [7, 11) is 0. The third-order valence-corrected chi connectivity index (χ3v) is 3.37. The van der Waals surface area contributed by atoms with Crippen LogP contribution in [0, 0.1) is 0 Å². The molecule has 0 aromatic heterocycles. The van der Waals surface area contributed by atoms with Crippen molar-refractivity contribution in [2.75, 3.05) is 5.75 Å². The lowest BCUT2D eigenvalue weighted by atomic mass is 10.2. The first-order chi connectivity index (χ1) is 8.20. The van der Waals surface area contributed by atoms with Gasteiger partial charge in [0.25, 0.3) is 5.91 Å². The largest absolute Gasteiger partial charge is 0.326 e. The second-order valence-electron chi connectivity index (χ2n) is 3.81. The lowest BCUT2D eigenvalue weighted by Gasteiger charge is -2.16. The van der Waals surface area contributed by atoms with E-state index < -0.39 is 18.0 Å². The number of nitrogens with one attached hydrogen (secondary N) is 2. The van der Waals surface area contributed by atoms with Crippen LogP contribution in [0.4, 0.5) is 4.79 Å². The molecule has 2 N–H and O–H groups in total. The number of rotatable bonds is 4. The standard InChI is InChI=1S/C10H14N4O2S/c1-2-3-4-5-17-10-11-6-7(13-10)12-9(16)14-8(6)15/h6H,2-5H2,1H3,(H2,11,12,13,14,15,16). The fourth-order valence-corrected chi connectivity index (χ4v) is 2.43. The van der Waals surface area contributed by atoms with Crippen molar-refractivity contribution < 1.29 is 9.59 Å². The van der Waals surface area contributed by atoms with Gasteiger partial charge in [0.15, 0.2) is 11.2 Å². The molecular weight excluding hydrogens is 240 g/mol. The number of urea groups is 1. The monoisotopic (exact) mass is 254 g/mol. The minimum atomic E-state index is -0.665. The highest BCUT2D eigenvalue weighted by molar-refractivity contribution is 8.13. The predicted octanol–water partition coefficient (Wildman–Crippen LogP) is 0.886. The third kappa shape index (κ3) is 2.85. The van der Waals surface area contributed by atoms with Crippen LogP contribution < -0.4 is 10.6 Å². The van der Waals surface area contributed by atoms with Crippen LogP contribution >= 0.6 is 11.8 Å². The Balaban J connectivity index is 1.91. The first kappa shape index (κ1) is 12.1. The average Bonchev–Trinajstić information content (AvgIpc) is 2.67. The highest BCUT2D eigenvalue weighted by Crippen LogP contribution is 2.17. The van der Waals surface area contributed by atoms with Gasteiger partial charge in [0, 0.05) is 5.75 Å². The molecule has 1 saturated heterocycles. The zero-order valence-electron chi connectivity index (χ0n) is 9.52. The number of fused-ring (bicyclic) bond motifs is 1. The second-order valence-corrected chi connectivity index (χ2v) is 4.87. The zero-order chi connectivity index (χ0) is 12.3. The summed E-state index contributed by atoms with van der Waals surface area (Å²) in [6, 6.07) is -1.20. The van der Waals surface area contributed by atoms with Gasteiger partial charge < -0.3 is 0 Å². The molecule has 2 aliphatic heterocycles. The number of carbonyl (C=O) groups excluding carboxylic acids is 2. The molecule has 2 aliphatic rings. The molecule has 0 radical (unpaired) electrons. The molecule has 0 aromatic rings. The maximum atomic E-state index is 11.4. The molecule has 3 amide bonds. The van der Waals surface area contributed by atoms with Gasteiger partial charge in [-0.15, -0.1) is 0 Å². The Hall–Kier alpha value is -1.37. The van der Waals surface area contributed by atoms with Crippen molar-refractivity contribution >= 4 is 34.7 Å². The SMILES string of the molecule is CCCCCSC1=NC2C(=O)NC(=O)NC2=N1. The number of nitrogens with zero attached hydrogens (tertiary/aromatic N) is 2. The first-order valence-corrected chi connectivity index (χ1v) is 6.60. The average molecular weight is 254 g/mol. The molecule has 1 fully saturated rings. The third-order valence-electron chi connectivity index (χ3n) is 2.42. The fraction of sp³-hybridized carbons (Fsp3) is 0.600. The van der Waals surface area contributed by atoms with Crippen molar-refractivity contribution in [2.24, 2.45) is 9.98 Å². The molecule has 7 heteroatoms. The molecule has 2 rings (SSSR count). The molecule has 6 nitrogen and oxygen atoms in total. The van der Waals surface area contributed by atoms with Crippen molar-refractivity contribution in [1.29, 1.82) is 0 Å². The lowest BCUT2D eigenvalue weighted by Crippen LogP contribution is -2.57. The molecule has 1 unspecified atom stereocenters. The van der Waals surface area contributed by atoms with Crippen LogP contribution in [0.2, 0.25) is 0 Å². The normalized spacial score (nSPS) is 22.5. The Morgan fingerprint density at radius 3 is 2.88 bits per heavy atom. The number of thioether (sulfide) groups is 1. The predicted molar refractivity (Wildman–Crippen MR) is 67.3 cm³/mol. The van der Waals surface area contributed by atoms with E-state index in [0.717, 1.165) is 12.2 Å². The van der Waals surface area contributed by atoms with E-state index in [0.29, 0.717) is 11.0 Å². The summed E-state index contributed by atoms with van der Waals surface area (Å²) in [6.45, 7) is 2.15. The van der Waals surface area contributed by atoms with Gasteiger partial charge in [0.2, 0.25) is 0 Å². The van der Waals surface area contributed by atoms with Crippen molar-refractivity contribution in [1.82, 2.24) is 10.6 Å². The number of amidine groups is 2. The van der Waals surface area contributed by atoms with E-state index in [-0.39, 0.29) is 0 Å². The van der Waals surface area contributed by atoms with Crippen LogP contribution in [0.5, 0.6) is 0 Å². The zero-order valence-corrected chi connectivity index (χ0v) is 10.3. The van der Waals surface area contributed by atoms with Gasteiger partial charge in [-0.1, -0.05) is 31.5 Å². The van der Waals surface area contributed by atoms with E-state index in [2.05, 4.69) is 27.5 Å². The Kier molecular flexibility index (Phi) is 3.78. The molecule has 0 aromatic carbocycles. The summed E-state index contributed by atoms with van der Waals surface area (Å²) in [5, 5.41) is 5.23. The van der Waals surface area contributed by atoms with E-state index in [4.69, 9.17) is 0 Å². The minimum Gasteiger partial charge on any atom is -0.293 e.